The molecule has 0 spiro atoms. The van der Waals surface area contributed by atoms with Crippen LogP contribution in [-0.4, -0.2) is 78.2 Å². The van der Waals surface area contributed by atoms with E-state index in [0.717, 1.165) is 7.11 Å². The molecule has 0 rings (SSSR count). The van der Waals surface area contributed by atoms with Crippen molar-refractivity contribution in [2.24, 2.45) is 0 Å². The van der Waals surface area contributed by atoms with Gasteiger partial charge in [-0.2, -0.15) is 16.8 Å². The number of rotatable bonds is 8. The van der Waals surface area contributed by atoms with Gasteiger partial charge in [0.25, 0.3) is 20.2 Å². The van der Waals surface area contributed by atoms with Crippen LogP contribution in [0.2, 0.25) is 0 Å². The van der Waals surface area contributed by atoms with E-state index in [4.69, 9.17) is 24.4 Å². The molecule has 0 aliphatic carbocycles. The van der Waals surface area contributed by atoms with Crippen LogP contribution in [0.15, 0.2) is 0 Å². The molecule has 0 unspecified atom stereocenters. The highest BCUT2D eigenvalue weighted by molar-refractivity contribution is 7.86. The molecular formula is C6H14O11S2. The summed E-state index contributed by atoms with van der Waals surface area (Å²) in [6.07, 6.45) is -4.13. The average molecular weight is 326 g/mol. The molecule has 0 saturated heterocycles. The Morgan fingerprint density at radius 3 is 1.68 bits per heavy atom. The van der Waals surface area contributed by atoms with Crippen LogP contribution in [0.25, 0.3) is 0 Å². The van der Waals surface area contributed by atoms with Gasteiger partial charge in [-0.25, -0.2) is 0 Å². The predicted molar refractivity (Wildman–Crippen MR) is 57.9 cm³/mol. The van der Waals surface area contributed by atoms with Crippen LogP contribution in [-0.2, 0) is 29.7 Å². The second-order valence-corrected chi connectivity index (χ2v) is 6.30. The Morgan fingerprint density at radius 1 is 1.00 bits per heavy atom. The Morgan fingerprint density at radius 2 is 1.42 bits per heavy atom. The van der Waals surface area contributed by atoms with Crippen LogP contribution >= 0.6 is 0 Å². The summed E-state index contributed by atoms with van der Waals surface area (Å²) in [6.45, 7) is -1.15. The summed E-state index contributed by atoms with van der Waals surface area (Å²) >= 11 is 0. The predicted octanol–water partition coefficient (Wildman–Crippen LogP) is -3.25. The molecule has 11 nitrogen and oxygen atoms in total. The maximum absolute atomic E-state index is 10.6. The van der Waals surface area contributed by atoms with Gasteiger partial charge in [0.1, 0.15) is 6.10 Å². The number of hydrogen-bond donors (Lipinski definition) is 5. The van der Waals surface area contributed by atoms with Crippen molar-refractivity contribution < 1.29 is 50.7 Å². The third-order valence-corrected chi connectivity index (χ3v) is 3.63. The van der Waals surface area contributed by atoms with Gasteiger partial charge in [0, 0.05) is 7.11 Å². The van der Waals surface area contributed by atoms with Crippen molar-refractivity contribution in [1.29, 1.82) is 0 Å². The van der Waals surface area contributed by atoms with Crippen LogP contribution in [0.5, 0.6) is 0 Å². The van der Waals surface area contributed by atoms with E-state index < -0.39 is 50.1 Å². The Labute approximate surface area is 108 Å². The molecule has 0 heterocycles. The van der Waals surface area contributed by atoms with Gasteiger partial charge in [-0.3, -0.25) is 9.11 Å². The summed E-state index contributed by atoms with van der Waals surface area (Å²) in [5.41, 5.74) is -5.22. The van der Waals surface area contributed by atoms with E-state index >= 15 is 0 Å². The monoisotopic (exact) mass is 326 g/mol. The fourth-order valence-electron chi connectivity index (χ4n) is 0.944. The van der Waals surface area contributed by atoms with Gasteiger partial charge in [-0.1, -0.05) is 0 Å². The Hall–Kier alpha value is -0.380. The molecule has 13 heteroatoms. The number of ether oxygens (including phenoxy) is 2. The highest BCUT2D eigenvalue weighted by atomic mass is 32.2. The number of methoxy groups -OCH3 is 1. The molecule has 0 bridgehead atoms. The fraction of sp³-hybridized carbons (Fsp3) is 1.00. The van der Waals surface area contributed by atoms with Gasteiger partial charge in [-0.15, -0.1) is 0 Å². The molecule has 0 aromatic carbocycles. The zero-order chi connectivity index (χ0) is 15.4. The van der Waals surface area contributed by atoms with E-state index in [1.807, 2.05) is 0 Å². The van der Waals surface area contributed by atoms with Crippen LogP contribution in [0.1, 0.15) is 0 Å². The third-order valence-electron chi connectivity index (χ3n) is 1.88. The minimum atomic E-state index is -5.01. The average Bonchev–Trinajstić information content (AvgIpc) is 2.26. The molecule has 0 amide bonds. The van der Waals surface area contributed by atoms with E-state index in [9.17, 15) is 16.8 Å². The normalized spacial score (nSPS) is 19.7. The lowest BCUT2D eigenvalue weighted by molar-refractivity contribution is -0.204. The first-order chi connectivity index (χ1) is 8.45. The van der Waals surface area contributed by atoms with Gasteiger partial charge >= 0.3 is 0 Å². The van der Waals surface area contributed by atoms with Gasteiger partial charge in [0.2, 0.25) is 17.2 Å². The summed E-state index contributed by atoms with van der Waals surface area (Å²) < 4.78 is 68.3. The molecule has 5 N–H and O–H groups in total. The second kappa shape index (κ2) is 6.87. The number of aliphatic hydroxyl groups is 3. The van der Waals surface area contributed by atoms with Gasteiger partial charge < -0.3 is 24.8 Å². The lowest BCUT2D eigenvalue weighted by Gasteiger charge is -2.26. The molecular weight excluding hydrogens is 312 g/mol. The zero-order valence-electron chi connectivity index (χ0n) is 9.52. The van der Waals surface area contributed by atoms with Gasteiger partial charge in [0.05, 0.1) is 6.61 Å². The summed E-state index contributed by atoms with van der Waals surface area (Å²) in [7, 11) is -9.17. The molecule has 0 aromatic heterocycles. The highest BCUT2D eigenvalue weighted by Gasteiger charge is 2.38. The van der Waals surface area contributed by atoms with Crippen LogP contribution in [0.4, 0.5) is 0 Å². The lowest BCUT2D eigenvalue weighted by atomic mass is 10.4. The highest BCUT2D eigenvalue weighted by Crippen LogP contribution is 2.13. The molecule has 0 aromatic rings. The SMILES string of the molecule is CO[C@H](O[C@@H](CO)[C@@H](O)S(=O)(=O)O)[C@H](O)S(=O)(=O)O. The van der Waals surface area contributed by atoms with Crippen molar-refractivity contribution in [3.8, 4) is 0 Å². The van der Waals surface area contributed by atoms with Crippen molar-refractivity contribution >= 4 is 20.2 Å². The second-order valence-electron chi connectivity index (χ2n) is 3.27. The maximum Gasteiger partial charge on any atom is 0.297 e. The topological polar surface area (TPSA) is 188 Å². The van der Waals surface area contributed by atoms with Crippen LogP contribution in [0.3, 0.4) is 0 Å². The van der Waals surface area contributed by atoms with E-state index in [-0.39, 0.29) is 0 Å². The van der Waals surface area contributed by atoms with Crippen LogP contribution in [0, 0.1) is 0 Å². The number of hydrogen-bond acceptors (Lipinski definition) is 9. The minimum absolute atomic E-state index is 0.841. The first-order valence-corrected chi connectivity index (χ1v) is 7.53. The molecule has 0 fully saturated rings. The molecule has 0 saturated carbocycles. The van der Waals surface area contributed by atoms with Crippen molar-refractivity contribution in [3.05, 3.63) is 0 Å². The smallest absolute Gasteiger partial charge is 0.297 e. The summed E-state index contributed by atoms with van der Waals surface area (Å²) in [4.78, 5) is 0. The van der Waals surface area contributed by atoms with E-state index in [1.54, 1.807) is 0 Å². The van der Waals surface area contributed by atoms with Crippen molar-refractivity contribution in [2.45, 2.75) is 23.3 Å². The van der Waals surface area contributed by atoms with E-state index in [2.05, 4.69) is 9.47 Å². The minimum Gasteiger partial charge on any atom is -0.394 e. The summed E-state index contributed by atoms with van der Waals surface area (Å²) in [6, 6.07) is 0. The largest absolute Gasteiger partial charge is 0.394 e. The maximum atomic E-state index is 10.6. The standard InChI is InChI=1S/C6H14O11S2/c1-16-6(5(9)19(13,14)15)17-3(2-7)4(8)18(10,11)12/h3-9H,2H2,1H3,(H,10,11,12)(H,13,14,15)/t3-,4-,5+,6+/m0/s1. The Kier molecular flexibility index (Phi) is 6.73. The molecule has 4 atom stereocenters. The van der Waals surface area contributed by atoms with Gasteiger partial charge in [-0.05, 0) is 0 Å². The summed E-state index contributed by atoms with van der Waals surface area (Å²) in [5.74, 6) is 0. The first kappa shape index (κ1) is 18.6. The molecule has 116 valence electrons. The van der Waals surface area contributed by atoms with E-state index in [0.29, 0.717) is 0 Å². The lowest BCUT2D eigenvalue weighted by Crippen LogP contribution is -2.46. The van der Waals surface area contributed by atoms with E-state index in [1.165, 1.54) is 0 Å². The molecule has 0 radical (unpaired) electrons. The van der Waals surface area contributed by atoms with Crippen molar-refractivity contribution in [3.63, 3.8) is 0 Å². The first-order valence-electron chi connectivity index (χ1n) is 4.53. The zero-order valence-corrected chi connectivity index (χ0v) is 11.2. The molecule has 19 heavy (non-hydrogen) atoms. The molecule has 0 aliphatic heterocycles. The van der Waals surface area contributed by atoms with Crippen LogP contribution < -0.4 is 0 Å². The summed E-state index contributed by atoms with van der Waals surface area (Å²) in [5, 5.41) is 27.0. The van der Waals surface area contributed by atoms with Crippen molar-refractivity contribution in [2.75, 3.05) is 13.7 Å². The van der Waals surface area contributed by atoms with Gasteiger partial charge in [0.15, 0.2) is 0 Å². The third kappa shape index (κ3) is 5.64. The quantitative estimate of drug-likeness (QED) is 0.222. The fourth-order valence-corrected chi connectivity index (χ4v) is 1.93. The Balaban J connectivity index is 5.05. The van der Waals surface area contributed by atoms with Crippen molar-refractivity contribution in [1.82, 2.24) is 0 Å². The molecule has 0 aliphatic rings. The number of aliphatic hydroxyl groups excluding tert-OH is 3. The Bertz CT molecular complexity index is 423.